The molecule has 352 valence electrons. The van der Waals surface area contributed by atoms with E-state index in [-0.39, 0.29) is 18.5 Å². The number of unbranched alkanes of at least 4 members (excludes halogenated alkanes) is 34. The second-order valence-corrected chi connectivity index (χ2v) is 17.9. The number of rotatable bonds is 48. The van der Waals surface area contributed by atoms with Crippen molar-refractivity contribution in [2.45, 2.75) is 283 Å². The third-order valence-corrected chi connectivity index (χ3v) is 11.9. The molecule has 2 unspecified atom stereocenters. The Bertz CT molecular complexity index is 977. The number of nitrogens with one attached hydrogen (secondary N) is 1. The molecule has 0 aromatic heterocycles. The molecule has 0 radical (unpaired) electrons. The van der Waals surface area contributed by atoms with E-state index in [9.17, 15) is 19.8 Å². The number of amides is 1. The highest BCUT2D eigenvalue weighted by molar-refractivity contribution is 5.76. The SMILES string of the molecule is CCCCCCCCCCCCCCC/C=C/C(O)C(CO)NC(=O)CCCCCCCC/C=C\C=C/CCCCCOC(=O)CCCCCCCCCCCCCCC. The average Bonchev–Trinajstić information content (AvgIpc) is 3.25. The van der Waals surface area contributed by atoms with Gasteiger partial charge in [0.25, 0.3) is 0 Å². The number of ether oxygens (including phenoxy) is 1. The topological polar surface area (TPSA) is 95.9 Å². The van der Waals surface area contributed by atoms with Gasteiger partial charge in [0.15, 0.2) is 0 Å². The van der Waals surface area contributed by atoms with E-state index in [0.717, 1.165) is 77.0 Å². The molecule has 0 saturated carbocycles. The molecule has 0 fully saturated rings. The van der Waals surface area contributed by atoms with Crippen LogP contribution in [0.25, 0.3) is 0 Å². The summed E-state index contributed by atoms with van der Waals surface area (Å²) in [6, 6.07) is -0.644. The number of allylic oxidation sites excluding steroid dienone is 5. The molecule has 0 aromatic rings. The van der Waals surface area contributed by atoms with Gasteiger partial charge in [0.1, 0.15) is 0 Å². The Labute approximate surface area is 373 Å². The summed E-state index contributed by atoms with van der Waals surface area (Å²) in [5.74, 6) is -0.112. The number of aliphatic hydroxyl groups excluding tert-OH is 2. The summed E-state index contributed by atoms with van der Waals surface area (Å²) < 4.78 is 5.43. The maximum atomic E-state index is 12.4. The van der Waals surface area contributed by atoms with Gasteiger partial charge in [-0.25, -0.2) is 0 Å². The minimum atomic E-state index is -0.858. The van der Waals surface area contributed by atoms with E-state index in [1.807, 2.05) is 6.08 Å². The number of carbonyl (C=O) groups is 2. The molecule has 1 amide bonds. The van der Waals surface area contributed by atoms with E-state index in [1.165, 1.54) is 167 Å². The van der Waals surface area contributed by atoms with Crippen molar-refractivity contribution in [3.05, 3.63) is 36.5 Å². The lowest BCUT2D eigenvalue weighted by molar-refractivity contribution is -0.143. The zero-order chi connectivity index (χ0) is 43.7. The normalized spacial score (nSPS) is 12.9. The highest BCUT2D eigenvalue weighted by Crippen LogP contribution is 2.15. The van der Waals surface area contributed by atoms with Crippen molar-refractivity contribution in [2.24, 2.45) is 0 Å². The second kappa shape index (κ2) is 49.7. The van der Waals surface area contributed by atoms with E-state index in [4.69, 9.17) is 4.74 Å². The Morgan fingerprint density at radius 2 is 0.817 bits per heavy atom. The first-order valence-electron chi connectivity index (χ1n) is 26.3. The van der Waals surface area contributed by atoms with Gasteiger partial charge in [-0.05, 0) is 64.2 Å². The van der Waals surface area contributed by atoms with Crippen LogP contribution in [0.1, 0.15) is 271 Å². The molecular formula is C54H101NO5. The van der Waals surface area contributed by atoms with Gasteiger partial charge < -0.3 is 20.3 Å². The molecule has 0 aromatic carbocycles. The van der Waals surface area contributed by atoms with Gasteiger partial charge >= 0.3 is 5.97 Å². The first-order chi connectivity index (χ1) is 29.5. The summed E-state index contributed by atoms with van der Waals surface area (Å²) in [5.41, 5.74) is 0. The predicted octanol–water partition coefficient (Wildman–Crippen LogP) is 15.7. The highest BCUT2D eigenvalue weighted by atomic mass is 16.5. The van der Waals surface area contributed by atoms with Crippen LogP contribution in [0.3, 0.4) is 0 Å². The van der Waals surface area contributed by atoms with Crippen LogP contribution in [-0.4, -0.2) is 47.4 Å². The quantitative estimate of drug-likeness (QED) is 0.0245. The monoisotopic (exact) mass is 844 g/mol. The van der Waals surface area contributed by atoms with Gasteiger partial charge in [0.2, 0.25) is 5.91 Å². The summed E-state index contributed by atoms with van der Waals surface area (Å²) in [4.78, 5) is 24.4. The molecule has 60 heavy (non-hydrogen) atoms. The summed E-state index contributed by atoms with van der Waals surface area (Å²) in [7, 11) is 0. The Morgan fingerprint density at radius 3 is 1.23 bits per heavy atom. The zero-order valence-corrected chi connectivity index (χ0v) is 39.9. The van der Waals surface area contributed by atoms with Gasteiger partial charge in [-0.2, -0.15) is 0 Å². The fraction of sp³-hybridized carbons (Fsp3) is 0.852. The number of carbonyl (C=O) groups excluding carboxylic acids is 2. The molecule has 0 spiro atoms. The molecule has 2 atom stereocenters. The van der Waals surface area contributed by atoms with Crippen LogP contribution in [0.2, 0.25) is 0 Å². The lowest BCUT2D eigenvalue weighted by Crippen LogP contribution is -2.45. The first kappa shape index (κ1) is 58.1. The molecule has 0 rings (SSSR count). The summed E-state index contributed by atoms with van der Waals surface area (Å²) >= 11 is 0. The van der Waals surface area contributed by atoms with Crippen molar-refractivity contribution in [3.63, 3.8) is 0 Å². The third-order valence-electron chi connectivity index (χ3n) is 11.9. The van der Waals surface area contributed by atoms with Gasteiger partial charge in [-0.3, -0.25) is 9.59 Å². The van der Waals surface area contributed by atoms with Gasteiger partial charge in [0.05, 0.1) is 25.4 Å². The molecule has 0 heterocycles. The highest BCUT2D eigenvalue weighted by Gasteiger charge is 2.18. The number of esters is 1. The van der Waals surface area contributed by atoms with Crippen molar-refractivity contribution in [1.29, 1.82) is 0 Å². The molecule has 3 N–H and O–H groups in total. The van der Waals surface area contributed by atoms with E-state index in [1.54, 1.807) is 6.08 Å². The third kappa shape index (κ3) is 45.6. The number of hydrogen-bond donors (Lipinski definition) is 3. The van der Waals surface area contributed by atoms with Crippen LogP contribution >= 0.6 is 0 Å². The van der Waals surface area contributed by atoms with Crippen molar-refractivity contribution in [1.82, 2.24) is 5.32 Å². The average molecular weight is 844 g/mol. The van der Waals surface area contributed by atoms with Crippen LogP contribution < -0.4 is 5.32 Å². The molecule has 0 aliphatic heterocycles. The summed E-state index contributed by atoms with van der Waals surface area (Å²) in [5, 5.41) is 23.0. The first-order valence-corrected chi connectivity index (χ1v) is 26.3. The van der Waals surface area contributed by atoms with Crippen molar-refractivity contribution in [3.8, 4) is 0 Å². The van der Waals surface area contributed by atoms with Gasteiger partial charge in [-0.1, -0.05) is 230 Å². The Kier molecular flexibility index (Phi) is 48.1. The zero-order valence-electron chi connectivity index (χ0n) is 39.9. The fourth-order valence-electron chi connectivity index (χ4n) is 7.86. The molecule has 6 heteroatoms. The lowest BCUT2D eigenvalue weighted by atomic mass is 10.0. The van der Waals surface area contributed by atoms with E-state index < -0.39 is 12.1 Å². The minimum Gasteiger partial charge on any atom is -0.466 e. The van der Waals surface area contributed by atoms with Crippen molar-refractivity contribution in [2.75, 3.05) is 13.2 Å². The van der Waals surface area contributed by atoms with Crippen LogP contribution in [0, 0.1) is 0 Å². The number of aliphatic hydroxyl groups is 2. The van der Waals surface area contributed by atoms with Crippen LogP contribution in [0.15, 0.2) is 36.5 Å². The van der Waals surface area contributed by atoms with E-state index in [2.05, 4.69) is 43.5 Å². The maximum absolute atomic E-state index is 12.4. The van der Waals surface area contributed by atoms with Gasteiger partial charge in [-0.15, -0.1) is 0 Å². The smallest absolute Gasteiger partial charge is 0.305 e. The van der Waals surface area contributed by atoms with Crippen molar-refractivity contribution < 1.29 is 24.5 Å². The van der Waals surface area contributed by atoms with Crippen LogP contribution in [0.4, 0.5) is 0 Å². The molecule has 0 aliphatic carbocycles. The van der Waals surface area contributed by atoms with Crippen LogP contribution in [0.5, 0.6) is 0 Å². The molecular weight excluding hydrogens is 743 g/mol. The minimum absolute atomic E-state index is 0.0218. The largest absolute Gasteiger partial charge is 0.466 e. The molecule has 0 saturated heterocycles. The summed E-state index contributed by atoms with van der Waals surface area (Å²) in [6.07, 6.45) is 60.0. The fourth-order valence-corrected chi connectivity index (χ4v) is 7.86. The Morgan fingerprint density at radius 1 is 0.467 bits per heavy atom. The molecule has 0 bridgehead atoms. The Balaban J connectivity index is 3.56. The summed E-state index contributed by atoms with van der Waals surface area (Å²) in [6.45, 7) is 4.84. The van der Waals surface area contributed by atoms with E-state index in [0.29, 0.717) is 19.4 Å². The Hall–Kier alpha value is -1.92. The van der Waals surface area contributed by atoms with Gasteiger partial charge in [0, 0.05) is 12.8 Å². The predicted molar refractivity (Wildman–Crippen MR) is 259 cm³/mol. The van der Waals surface area contributed by atoms with Crippen LogP contribution in [-0.2, 0) is 14.3 Å². The number of hydrogen-bond acceptors (Lipinski definition) is 5. The van der Waals surface area contributed by atoms with Crippen molar-refractivity contribution >= 4 is 11.9 Å². The van der Waals surface area contributed by atoms with E-state index >= 15 is 0 Å². The molecule has 6 nitrogen and oxygen atoms in total. The standard InChI is InChI=1S/C54H101NO5/c1-3-5-7-9-11-13-15-17-19-23-26-30-34-38-42-46-52(57)51(50-56)55-53(58)47-43-39-35-31-27-24-20-18-21-25-29-33-37-41-45-49-60-54(59)48-44-40-36-32-28-22-16-14-12-10-8-6-4-2/h18,21,25,29,42,46,51-52,56-57H,3-17,19-20,22-24,26-28,30-41,43-45,47-50H2,1-2H3,(H,55,58)/b21-18-,29-25-,46-42+. The molecule has 0 aliphatic rings. The maximum Gasteiger partial charge on any atom is 0.305 e. The second-order valence-electron chi connectivity index (χ2n) is 17.9. The lowest BCUT2D eigenvalue weighted by Gasteiger charge is -2.20.